The van der Waals surface area contributed by atoms with Crippen LogP contribution >= 0.6 is 0 Å². The first kappa shape index (κ1) is 14.9. The van der Waals surface area contributed by atoms with E-state index in [1.54, 1.807) is 30.6 Å². The predicted octanol–water partition coefficient (Wildman–Crippen LogP) is 3.05. The summed E-state index contributed by atoms with van der Waals surface area (Å²) in [5.41, 5.74) is 2.28. The van der Waals surface area contributed by atoms with Crippen molar-refractivity contribution in [2.45, 2.75) is 13.0 Å². The molecule has 0 aliphatic carbocycles. The molecule has 2 aromatic rings. The highest BCUT2D eigenvalue weighted by molar-refractivity contribution is 5.99. The summed E-state index contributed by atoms with van der Waals surface area (Å²) in [6, 6.07) is 16.7. The summed E-state index contributed by atoms with van der Waals surface area (Å²) in [5, 5.41) is 9.26. The van der Waals surface area contributed by atoms with Gasteiger partial charge < -0.3 is 10.0 Å². The SMILES string of the molecule is CC(O)C(=O)c1ccc(N=CN(C)c2ccccc2)cc1. The molecule has 2 rings (SSSR count). The summed E-state index contributed by atoms with van der Waals surface area (Å²) in [6.07, 6.45) is 0.740. The largest absolute Gasteiger partial charge is 0.385 e. The molecule has 21 heavy (non-hydrogen) atoms. The smallest absolute Gasteiger partial charge is 0.190 e. The molecule has 108 valence electrons. The highest BCUT2D eigenvalue weighted by Gasteiger charge is 2.11. The first-order valence-corrected chi connectivity index (χ1v) is 6.72. The van der Waals surface area contributed by atoms with Gasteiger partial charge in [-0.2, -0.15) is 0 Å². The van der Waals surface area contributed by atoms with Crippen LogP contribution in [0.1, 0.15) is 17.3 Å². The van der Waals surface area contributed by atoms with E-state index in [2.05, 4.69) is 4.99 Å². The Hall–Kier alpha value is -2.46. The third kappa shape index (κ3) is 4.00. The Labute approximate surface area is 124 Å². The lowest BCUT2D eigenvalue weighted by Crippen LogP contribution is -2.15. The van der Waals surface area contributed by atoms with Gasteiger partial charge >= 0.3 is 0 Å². The number of para-hydroxylation sites is 1. The number of benzene rings is 2. The van der Waals surface area contributed by atoms with Crippen molar-refractivity contribution in [1.82, 2.24) is 0 Å². The molecule has 0 bridgehead atoms. The molecular formula is C17H18N2O2. The minimum Gasteiger partial charge on any atom is -0.385 e. The van der Waals surface area contributed by atoms with E-state index >= 15 is 0 Å². The van der Waals surface area contributed by atoms with Gasteiger partial charge in [0.05, 0.1) is 12.0 Å². The van der Waals surface area contributed by atoms with E-state index in [-0.39, 0.29) is 5.78 Å². The lowest BCUT2D eigenvalue weighted by Gasteiger charge is -2.12. The summed E-state index contributed by atoms with van der Waals surface area (Å²) >= 11 is 0. The number of Topliss-reactive ketones (excluding diaryl/α,β-unsaturated/α-hetero) is 1. The predicted molar refractivity (Wildman–Crippen MR) is 85.5 cm³/mol. The fourth-order valence-electron chi connectivity index (χ4n) is 1.84. The molecule has 2 aromatic carbocycles. The molecule has 0 heterocycles. The van der Waals surface area contributed by atoms with Gasteiger partial charge in [-0.05, 0) is 43.3 Å². The second-order valence-electron chi connectivity index (χ2n) is 4.78. The van der Waals surface area contributed by atoms with Gasteiger partial charge in [-0.15, -0.1) is 0 Å². The van der Waals surface area contributed by atoms with Gasteiger partial charge in [-0.25, -0.2) is 4.99 Å². The zero-order valence-electron chi connectivity index (χ0n) is 12.1. The Morgan fingerprint density at radius 1 is 1.14 bits per heavy atom. The van der Waals surface area contributed by atoms with Crippen molar-refractivity contribution in [2.24, 2.45) is 4.99 Å². The number of carbonyl (C=O) groups is 1. The molecule has 1 unspecified atom stereocenters. The summed E-state index contributed by atoms with van der Waals surface area (Å²) in [6.45, 7) is 1.46. The van der Waals surface area contributed by atoms with Crippen LogP contribution in [0.25, 0.3) is 0 Å². The van der Waals surface area contributed by atoms with Crippen LogP contribution in [0.2, 0.25) is 0 Å². The number of aliphatic imine (C=N–C) groups is 1. The summed E-state index contributed by atoms with van der Waals surface area (Å²) in [4.78, 5) is 17.9. The summed E-state index contributed by atoms with van der Waals surface area (Å²) in [5.74, 6) is -0.285. The molecule has 0 fully saturated rings. The van der Waals surface area contributed by atoms with Crippen molar-refractivity contribution in [3.63, 3.8) is 0 Å². The lowest BCUT2D eigenvalue weighted by molar-refractivity contribution is 0.0779. The topological polar surface area (TPSA) is 52.9 Å². The molecule has 4 heteroatoms. The molecule has 0 aliphatic heterocycles. The van der Waals surface area contributed by atoms with Crippen LogP contribution in [0, 0.1) is 0 Å². The normalized spacial score (nSPS) is 12.3. The molecule has 0 saturated carbocycles. The van der Waals surface area contributed by atoms with Gasteiger partial charge in [0, 0.05) is 18.3 Å². The molecule has 0 aromatic heterocycles. The third-order valence-corrected chi connectivity index (χ3v) is 3.07. The average molecular weight is 282 g/mol. The van der Waals surface area contributed by atoms with E-state index < -0.39 is 6.10 Å². The van der Waals surface area contributed by atoms with Gasteiger partial charge in [0.2, 0.25) is 0 Å². The van der Waals surface area contributed by atoms with E-state index in [0.717, 1.165) is 11.4 Å². The summed E-state index contributed by atoms with van der Waals surface area (Å²) in [7, 11) is 1.92. The van der Waals surface area contributed by atoms with Crippen molar-refractivity contribution in [3.05, 3.63) is 60.2 Å². The van der Waals surface area contributed by atoms with Crippen molar-refractivity contribution < 1.29 is 9.90 Å². The molecule has 4 nitrogen and oxygen atoms in total. The maximum Gasteiger partial charge on any atom is 0.190 e. The Morgan fingerprint density at radius 3 is 2.33 bits per heavy atom. The van der Waals surface area contributed by atoms with Gasteiger partial charge in [0.15, 0.2) is 5.78 Å². The third-order valence-electron chi connectivity index (χ3n) is 3.07. The van der Waals surface area contributed by atoms with Crippen LogP contribution in [-0.4, -0.2) is 30.4 Å². The number of rotatable bonds is 5. The fourth-order valence-corrected chi connectivity index (χ4v) is 1.84. The minimum atomic E-state index is -0.983. The Balaban J connectivity index is 2.06. The summed E-state index contributed by atoms with van der Waals surface area (Å²) < 4.78 is 0. The standard InChI is InChI=1S/C17H18N2O2/c1-13(20)17(21)14-8-10-15(11-9-14)18-12-19(2)16-6-4-3-5-7-16/h3-13,20H,1-2H3. The van der Waals surface area contributed by atoms with Crippen molar-refractivity contribution >= 4 is 23.5 Å². The maximum atomic E-state index is 11.6. The highest BCUT2D eigenvalue weighted by Crippen LogP contribution is 2.15. The monoisotopic (exact) mass is 282 g/mol. The van der Waals surface area contributed by atoms with Gasteiger partial charge in [0.1, 0.15) is 6.10 Å². The van der Waals surface area contributed by atoms with Crippen molar-refractivity contribution in [3.8, 4) is 0 Å². The first-order valence-electron chi connectivity index (χ1n) is 6.72. The average Bonchev–Trinajstić information content (AvgIpc) is 2.53. The number of aliphatic hydroxyl groups excluding tert-OH is 1. The van der Waals surface area contributed by atoms with E-state index in [9.17, 15) is 9.90 Å². The van der Waals surface area contributed by atoms with E-state index in [4.69, 9.17) is 0 Å². The van der Waals surface area contributed by atoms with Crippen LogP contribution in [0.3, 0.4) is 0 Å². The molecule has 1 N–H and O–H groups in total. The zero-order chi connectivity index (χ0) is 15.2. The second-order valence-corrected chi connectivity index (χ2v) is 4.78. The van der Waals surface area contributed by atoms with Gasteiger partial charge in [0.25, 0.3) is 0 Å². The number of ketones is 1. The van der Waals surface area contributed by atoms with Gasteiger partial charge in [-0.1, -0.05) is 18.2 Å². The van der Waals surface area contributed by atoms with Crippen LogP contribution in [-0.2, 0) is 0 Å². The number of aliphatic hydroxyl groups is 1. The second kappa shape index (κ2) is 6.81. The van der Waals surface area contributed by atoms with E-state index in [1.807, 2.05) is 42.3 Å². The molecule has 0 spiro atoms. The molecule has 0 aliphatic rings. The zero-order valence-corrected chi connectivity index (χ0v) is 12.1. The minimum absolute atomic E-state index is 0.285. The van der Waals surface area contributed by atoms with Crippen LogP contribution < -0.4 is 4.90 Å². The van der Waals surface area contributed by atoms with Gasteiger partial charge in [-0.3, -0.25) is 4.79 Å². The Morgan fingerprint density at radius 2 is 1.76 bits per heavy atom. The number of anilines is 1. The number of carbonyl (C=O) groups excluding carboxylic acids is 1. The highest BCUT2D eigenvalue weighted by atomic mass is 16.3. The molecule has 0 radical (unpaired) electrons. The van der Waals surface area contributed by atoms with Crippen LogP contribution in [0.4, 0.5) is 11.4 Å². The first-order chi connectivity index (χ1) is 10.1. The molecule has 0 amide bonds. The number of hydrogen-bond donors (Lipinski definition) is 1. The van der Waals surface area contributed by atoms with Crippen LogP contribution in [0.15, 0.2) is 59.6 Å². The Kier molecular flexibility index (Phi) is 4.85. The van der Waals surface area contributed by atoms with Crippen LogP contribution in [0.5, 0.6) is 0 Å². The number of hydrogen-bond acceptors (Lipinski definition) is 3. The fraction of sp³-hybridized carbons (Fsp3) is 0.176. The molecular weight excluding hydrogens is 264 g/mol. The number of nitrogens with zero attached hydrogens (tertiary/aromatic N) is 2. The Bertz CT molecular complexity index is 619. The maximum absolute atomic E-state index is 11.6. The molecule has 1 atom stereocenters. The molecule has 0 saturated heterocycles. The van der Waals surface area contributed by atoms with Crippen molar-refractivity contribution in [1.29, 1.82) is 0 Å². The quantitative estimate of drug-likeness (QED) is 0.521. The van der Waals surface area contributed by atoms with E-state index in [1.165, 1.54) is 6.92 Å². The lowest BCUT2D eigenvalue weighted by atomic mass is 10.1. The van der Waals surface area contributed by atoms with E-state index in [0.29, 0.717) is 5.56 Å². The van der Waals surface area contributed by atoms with Crippen molar-refractivity contribution in [2.75, 3.05) is 11.9 Å².